The van der Waals surface area contributed by atoms with Crippen molar-refractivity contribution in [3.63, 3.8) is 0 Å². The van der Waals surface area contributed by atoms with Crippen molar-refractivity contribution in [3.05, 3.63) is 63.1 Å². The van der Waals surface area contributed by atoms with E-state index in [1.165, 1.54) is 9.21 Å². The maximum Gasteiger partial charge on any atom is 0.242 e. The molecule has 2 aromatic carbocycles. The Bertz CT molecular complexity index is 1120. The molecule has 0 saturated carbocycles. The fourth-order valence-corrected chi connectivity index (χ4v) is 5.36. The molecule has 1 N–H and O–H groups in total. The molecule has 0 spiro atoms. The fraction of sp³-hybridized carbons (Fsp3) is 0.417. The molecule has 0 aliphatic rings. The van der Waals surface area contributed by atoms with Gasteiger partial charge in [0.15, 0.2) is 0 Å². The summed E-state index contributed by atoms with van der Waals surface area (Å²) >= 11 is 18.7. The number of anilines is 1. The van der Waals surface area contributed by atoms with Gasteiger partial charge in [-0.15, -0.1) is 0 Å². The van der Waals surface area contributed by atoms with Crippen LogP contribution in [0.4, 0.5) is 5.69 Å². The molecule has 0 unspecified atom stereocenters. The molecular formula is C24H30Cl3N3O4S. The molecule has 11 heteroatoms. The number of hydrogen-bond acceptors (Lipinski definition) is 4. The van der Waals surface area contributed by atoms with Crippen molar-refractivity contribution in [2.24, 2.45) is 0 Å². The van der Waals surface area contributed by atoms with Gasteiger partial charge in [-0.3, -0.25) is 13.9 Å². The molecule has 1 atom stereocenters. The molecule has 35 heavy (non-hydrogen) atoms. The number of halogens is 3. The quantitative estimate of drug-likeness (QED) is 0.388. The van der Waals surface area contributed by atoms with Gasteiger partial charge in [-0.05, 0) is 50.1 Å². The van der Waals surface area contributed by atoms with Crippen LogP contribution in [0.15, 0.2) is 42.5 Å². The zero-order chi connectivity index (χ0) is 26.2. The van der Waals surface area contributed by atoms with Gasteiger partial charge in [-0.1, -0.05) is 53.9 Å². The van der Waals surface area contributed by atoms with Crippen molar-refractivity contribution < 1.29 is 18.0 Å². The summed E-state index contributed by atoms with van der Waals surface area (Å²) in [6.45, 7) is 4.17. The Kier molecular flexibility index (Phi) is 11.1. The molecule has 0 aliphatic carbocycles. The van der Waals surface area contributed by atoms with Gasteiger partial charge in [0.1, 0.15) is 6.04 Å². The van der Waals surface area contributed by atoms with Crippen LogP contribution in [0.5, 0.6) is 0 Å². The van der Waals surface area contributed by atoms with Crippen molar-refractivity contribution in [3.8, 4) is 0 Å². The first-order valence-electron chi connectivity index (χ1n) is 11.2. The van der Waals surface area contributed by atoms with Crippen molar-refractivity contribution in [2.75, 3.05) is 23.7 Å². The summed E-state index contributed by atoms with van der Waals surface area (Å²) in [4.78, 5) is 27.6. The maximum absolute atomic E-state index is 13.4. The van der Waals surface area contributed by atoms with Gasteiger partial charge < -0.3 is 10.2 Å². The van der Waals surface area contributed by atoms with Gasteiger partial charge in [0, 0.05) is 46.7 Å². The minimum Gasteiger partial charge on any atom is -0.355 e. The Morgan fingerprint density at radius 1 is 1.03 bits per heavy atom. The van der Waals surface area contributed by atoms with Crippen LogP contribution in [0.2, 0.25) is 15.1 Å². The molecule has 0 aromatic heterocycles. The average molecular weight is 563 g/mol. The van der Waals surface area contributed by atoms with Crippen LogP contribution in [-0.4, -0.2) is 50.5 Å². The lowest BCUT2D eigenvalue weighted by molar-refractivity contribution is -0.141. The third-order valence-electron chi connectivity index (χ3n) is 5.38. The summed E-state index contributed by atoms with van der Waals surface area (Å²) in [5.74, 6) is -0.582. The monoisotopic (exact) mass is 561 g/mol. The number of carbonyl (C=O) groups excluding carboxylic acids is 2. The summed E-state index contributed by atoms with van der Waals surface area (Å²) in [5, 5.41) is 3.96. The molecule has 2 amide bonds. The van der Waals surface area contributed by atoms with E-state index < -0.39 is 16.1 Å². The fourth-order valence-electron chi connectivity index (χ4n) is 3.70. The topological polar surface area (TPSA) is 86.8 Å². The number of nitrogens with zero attached hydrogens (tertiary/aromatic N) is 2. The van der Waals surface area contributed by atoms with Crippen molar-refractivity contribution in [1.29, 1.82) is 0 Å². The standard InChI is InChI=1S/C24H30Cl3N3O4S/c1-4-22(24(32)28-5-2)29(16-19-20(26)11-7-12-21(19)27)23(31)13-8-14-30(35(3,33)34)18-10-6-9-17(25)15-18/h6-7,9-12,15,22H,4-5,8,13-14,16H2,1-3H3,(H,28,32)/t22-/m1/s1. The second kappa shape index (κ2) is 13.3. The van der Waals surface area contributed by atoms with Crippen LogP contribution in [0.1, 0.15) is 38.7 Å². The second-order valence-corrected chi connectivity index (χ2v) is 11.1. The minimum absolute atomic E-state index is 0.0184. The molecule has 7 nitrogen and oxygen atoms in total. The highest BCUT2D eigenvalue weighted by Crippen LogP contribution is 2.28. The smallest absolute Gasteiger partial charge is 0.242 e. The Morgan fingerprint density at radius 2 is 1.66 bits per heavy atom. The van der Waals surface area contributed by atoms with E-state index in [-0.39, 0.29) is 37.7 Å². The third kappa shape index (κ3) is 8.27. The second-order valence-electron chi connectivity index (χ2n) is 7.96. The van der Waals surface area contributed by atoms with E-state index >= 15 is 0 Å². The number of likely N-dealkylation sites (N-methyl/N-ethyl adjacent to an activating group) is 1. The van der Waals surface area contributed by atoms with Gasteiger partial charge >= 0.3 is 0 Å². The van der Waals surface area contributed by atoms with Crippen LogP contribution >= 0.6 is 34.8 Å². The number of rotatable bonds is 12. The van der Waals surface area contributed by atoms with Gasteiger partial charge in [0.25, 0.3) is 0 Å². The summed E-state index contributed by atoms with van der Waals surface area (Å²) in [6, 6.07) is 10.8. The molecular weight excluding hydrogens is 533 g/mol. The van der Waals surface area contributed by atoms with Crippen molar-refractivity contribution in [1.82, 2.24) is 10.2 Å². The molecule has 0 fully saturated rings. The van der Waals surface area contributed by atoms with Gasteiger partial charge in [0.05, 0.1) is 11.9 Å². The van der Waals surface area contributed by atoms with Crippen molar-refractivity contribution in [2.45, 2.75) is 45.7 Å². The minimum atomic E-state index is -3.60. The molecule has 0 radical (unpaired) electrons. The normalized spacial score (nSPS) is 12.2. The molecule has 0 aliphatic heterocycles. The molecule has 0 saturated heterocycles. The predicted octanol–water partition coefficient (Wildman–Crippen LogP) is 5.14. The Balaban J connectivity index is 2.26. The Labute approximate surface area is 222 Å². The first kappa shape index (κ1) is 29.2. The highest BCUT2D eigenvalue weighted by atomic mass is 35.5. The summed E-state index contributed by atoms with van der Waals surface area (Å²) in [5.41, 5.74) is 0.963. The number of amides is 2. The maximum atomic E-state index is 13.4. The van der Waals surface area contributed by atoms with Crippen LogP contribution < -0.4 is 9.62 Å². The molecule has 0 bridgehead atoms. The molecule has 192 valence electrons. The number of nitrogens with one attached hydrogen (secondary N) is 1. The highest BCUT2D eigenvalue weighted by molar-refractivity contribution is 7.92. The van der Waals surface area contributed by atoms with E-state index in [0.29, 0.717) is 39.3 Å². The first-order valence-corrected chi connectivity index (χ1v) is 14.2. The van der Waals surface area contributed by atoms with E-state index in [1.54, 1.807) is 49.4 Å². The van der Waals surface area contributed by atoms with Gasteiger partial charge in [-0.2, -0.15) is 0 Å². The number of carbonyl (C=O) groups is 2. The predicted molar refractivity (Wildman–Crippen MR) is 143 cm³/mol. The van der Waals surface area contributed by atoms with E-state index in [9.17, 15) is 18.0 Å². The summed E-state index contributed by atoms with van der Waals surface area (Å²) < 4.78 is 26.0. The zero-order valence-electron chi connectivity index (χ0n) is 19.9. The van der Waals surface area contributed by atoms with E-state index in [1.807, 2.05) is 6.92 Å². The van der Waals surface area contributed by atoms with Crippen LogP contribution in [0, 0.1) is 0 Å². The SMILES string of the molecule is CCNC(=O)[C@@H](CC)N(Cc1c(Cl)cccc1Cl)C(=O)CCCN(c1cccc(Cl)c1)S(C)(=O)=O. The van der Waals surface area contributed by atoms with E-state index in [0.717, 1.165) is 6.26 Å². The molecule has 2 aromatic rings. The van der Waals surface area contributed by atoms with Crippen LogP contribution in [0.25, 0.3) is 0 Å². The number of sulfonamides is 1. The average Bonchev–Trinajstić information content (AvgIpc) is 2.77. The third-order valence-corrected chi connectivity index (χ3v) is 7.51. The zero-order valence-corrected chi connectivity index (χ0v) is 23.0. The molecule has 0 heterocycles. The lowest BCUT2D eigenvalue weighted by Gasteiger charge is -2.31. The lowest BCUT2D eigenvalue weighted by Crippen LogP contribution is -2.49. The number of hydrogen-bond donors (Lipinski definition) is 1. The summed E-state index contributed by atoms with van der Waals surface area (Å²) in [6.07, 6.45) is 1.74. The van der Waals surface area contributed by atoms with E-state index in [2.05, 4.69) is 5.32 Å². The van der Waals surface area contributed by atoms with E-state index in [4.69, 9.17) is 34.8 Å². The van der Waals surface area contributed by atoms with Crippen LogP contribution in [0.3, 0.4) is 0 Å². The van der Waals surface area contributed by atoms with Gasteiger partial charge in [-0.25, -0.2) is 8.42 Å². The van der Waals surface area contributed by atoms with Gasteiger partial charge in [0.2, 0.25) is 21.8 Å². The number of benzene rings is 2. The highest BCUT2D eigenvalue weighted by Gasteiger charge is 2.29. The summed E-state index contributed by atoms with van der Waals surface area (Å²) in [7, 11) is -3.60. The lowest BCUT2D eigenvalue weighted by atomic mass is 10.1. The largest absolute Gasteiger partial charge is 0.355 e. The Morgan fingerprint density at radius 3 is 2.20 bits per heavy atom. The molecule has 2 rings (SSSR count). The van der Waals surface area contributed by atoms with Crippen molar-refractivity contribution >= 4 is 62.3 Å². The Hall–Kier alpha value is -2.00. The first-order chi connectivity index (χ1) is 16.5. The van der Waals surface area contributed by atoms with Crippen LogP contribution in [-0.2, 0) is 26.2 Å².